The molecule has 0 heterocycles. The Morgan fingerprint density at radius 2 is 1.76 bits per heavy atom. The van der Waals surface area contributed by atoms with Gasteiger partial charge in [0.25, 0.3) is 5.91 Å². The van der Waals surface area contributed by atoms with Crippen LogP contribution in [0.1, 0.15) is 48.7 Å². The summed E-state index contributed by atoms with van der Waals surface area (Å²) >= 11 is 5.89. The molecule has 3 N–H and O–H groups in total. The third-order valence-corrected chi connectivity index (χ3v) is 4.54. The Hall–Kier alpha value is -3.27. The van der Waals surface area contributed by atoms with E-state index >= 15 is 0 Å². The number of hydrogen-bond acceptors (Lipinski definition) is 5. The lowest BCUT2D eigenvalue weighted by molar-refractivity contribution is -0.158. The van der Waals surface area contributed by atoms with Crippen molar-refractivity contribution in [3.8, 4) is 5.75 Å². The van der Waals surface area contributed by atoms with Crippen LogP contribution in [0.3, 0.4) is 0 Å². The summed E-state index contributed by atoms with van der Waals surface area (Å²) in [5, 5.41) is 2.22. The number of amides is 2. The smallest absolute Gasteiger partial charge is 0.416 e. The number of rotatable bonds is 8. The maximum Gasteiger partial charge on any atom is 0.416 e. The summed E-state index contributed by atoms with van der Waals surface area (Å²) in [6.07, 6.45) is -4.98. The van der Waals surface area contributed by atoms with Gasteiger partial charge in [-0.15, -0.1) is 0 Å². The van der Waals surface area contributed by atoms with Gasteiger partial charge in [-0.2, -0.15) is 13.2 Å². The Kier molecular flexibility index (Phi) is 8.55. The maximum atomic E-state index is 12.8. The zero-order chi connectivity index (χ0) is 25.7. The van der Waals surface area contributed by atoms with Crippen molar-refractivity contribution in [1.29, 1.82) is 0 Å². The topological polar surface area (TPSA) is 108 Å². The summed E-state index contributed by atoms with van der Waals surface area (Å²) in [5.41, 5.74) is 4.10. The van der Waals surface area contributed by atoms with Gasteiger partial charge in [0.15, 0.2) is 0 Å². The molecule has 0 fully saturated rings. The van der Waals surface area contributed by atoms with Crippen LogP contribution < -0.4 is 15.8 Å². The first kappa shape index (κ1) is 27.0. The first-order chi connectivity index (χ1) is 15.7. The molecule has 34 heavy (non-hydrogen) atoms. The van der Waals surface area contributed by atoms with Gasteiger partial charge in [-0.05, 0) is 56.7 Å². The summed E-state index contributed by atoms with van der Waals surface area (Å²) in [7, 11) is 0. The quantitative estimate of drug-likeness (QED) is 0.527. The van der Waals surface area contributed by atoms with Crippen LogP contribution in [-0.4, -0.2) is 29.4 Å². The minimum Gasteiger partial charge on any atom is -0.487 e. The van der Waals surface area contributed by atoms with Crippen molar-refractivity contribution in [3.05, 3.63) is 64.2 Å². The van der Waals surface area contributed by atoms with Gasteiger partial charge in [0.2, 0.25) is 5.91 Å². The molecule has 2 rings (SSSR count). The van der Waals surface area contributed by atoms with E-state index in [2.05, 4.69) is 5.32 Å². The average Bonchev–Trinajstić information content (AvgIpc) is 2.70. The summed E-state index contributed by atoms with van der Waals surface area (Å²) in [6, 6.07) is 7.55. The fourth-order valence-electron chi connectivity index (χ4n) is 2.77. The molecule has 0 bridgehead atoms. The summed E-state index contributed by atoms with van der Waals surface area (Å²) < 4.78 is 49.0. The molecule has 1 unspecified atom stereocenters. The van der Waals surface area contributed by atoms with Crippen molar-refractivity contribution < 1.29 is 37.0 Å². The zero-order valence-corrected chi connectivity index (χ0v) is 19.4. The highest BCUT2D eigenvalue weighted by molar-refractivity contribution is 6.32. The van der Waals surface area contributed by atoms with Crippen LogP contribution in [0.5, 0.6) is 5.75 Å². The Labute approximate surface area is 199 Å². The number of nitrogens with one attached hydrogen (secondary N) is 1. The van der Waals surface area contributed by atoms with E-state index in [1.807, 2.05) is 0 Å². The van der Waals surface area contributed by atoms with E-state index in [9.17, 15) is 27.6 Å². The second kappa shape index (κ2) is 10.8. The lowest BCUT2D eigenvalue weighted by atomic mass is 10.1. The molecule has 0 aliphatic heterocycles. The number of halogens is 4. The SMILES string of the molecule is CC(C)(C)OC(=O)C(CC(N)=O)NC(=O)c1cccc(COc2ccc(C(F)(F)F)cc2Cl)c1. The normalized spacial score (nSPS) is 12.6. The number of esters is 1. The van der Waals surface area contributed by atoms with Gasteiger partial charge in [0, 0.05) is 5.56 Å². The Balaban J connectivity index is 2.10. The fraction of sp³-hybridized carbons (Fsp3) is 0.348. The molecule has 2 aromatic rings. The molecule has 11 heteroatoms. The zero-order valence-electron chi connectivity index (χ0n) is 18.7. The van der Waals surface area contributed by atoms with Gasteiger partial charge in [-0.1, -0.05) is 23.7 Å². The largest absolute Gasteiger partial charge is 0.487 e. The van der Waals surface area contributed by atoms with Gasteiger partial charge in [-0.3, -0.25) is 9.59 Å². The highest BCUT2D eigenvalue weighted by atomic mass is 35.5. The van der Waals surface area contributed by atoms with Gasteiger partial charge in [0.05, 0.1) is 17.0 Å². The third-order valence-electron chi connectivity index (χ3n) is 4.24. The van der Waals surface area contributed by atoms with Gasteiger partial charge >= 0.3 is 12.1 Å². The molecule has 0 saturated carbocycles. The third kappa shape index (κ3) is 8.26. The average molecular weight is 501 g/mol. The van der Waals surface area contributed by atoms with Gasteiger partial charge < -0.3 is 20.5 Å². The highest BCUT2D eigenvalue weighted by Crippen LogP contribution is 2.35. The number of carbonyl (C=O) groups excluding carboxylic acids is 3. The maximum absolute atomic E-state index is 12.8. The van der Waals surface area contributed by atoms with Crippen molar-refractivity contribution in [2.45, 2.75) is 51.6 Å². The van der Waals surface area contributed by atoms with E-state index < -0.39 is 47.6 Å². The summed E-state index contributed by atoms with van der Waals surface area (Å²) in [5.74, 6) is -2.23. The van der Waals surface area contributed by atoms with Crippen LogP contribution in [0, 0.1) is 0 Å². The predicted octanol–water partition coefficient (Wildman–Crippen LogP) is 4.25. The number of alkyl halides is 3. The lowest BCUT2D eigenvalue weighted by Crippen LogP contribution is -2.46. The molecule has 1 atom stereocenters. The molecule has 2 aromatic carbocycles. The van der Waals surface area contributed by atoms with Crippen molar-refractivity contribution in [3.63, 3.8) is 0 Å². The molecule has 184 valence electrons. The van der Waals surface area contributed by atoms with Gasteiger partial charge in [0.1, 0.15) is 24.0 Å². The first-order valence-electron chi connectivity index (χ1n) is 10.1. The van der Waals surface area contributed by atoms with Crippen LogP contribution >= 0.6 is 11.6 Å². The monoisotopic (exact) mass is 500 g/mol. The molecular weight excluding hydrogens is 477 g/mol. The fourth-order valence-corrected chi connectivity index (χ4v) is 3.00. The van der Waals surface area contributed by atoms with Crippen LogP contribution in [0.2, 0.25) is 5.02 Å². The van der Waals surface area contributed by atoms with E-state index in [0.717, 1.165) is 18.2 Å². The summed E-state index contributed by atoms with van der Waals surface area (Å²) in [6.45, 7) is 4.82. The second-order valence-corrected chi connectivity index (χ2v) is 8.77. The van der Waals surface area contributed by atoms with E-state index in [4.69, 9.17) is 26.8 Å². The molecule has 0 aliphatic rings. The first-order valence-corrected chi connectivity index (χ1v) is 10.4. The molecule has 0 radical (unpaired) electrons. The Morgan fingerprint density at radius 1 is 1.09 bits per heavy atom. The van der Waals surface area contributed by atoms with Crippen molar-refractivity contribution >= 4 is 29.4 Å². The molecule has 2 amide bonds. The minimum absolute atomic E-state index is 0.0379. The molecule has 7 nitrogen and oxygen atoms in total. The van der Waals surface area contributed by atoms with Crippen LogP contribution in [0.4, 0.5) is 13.2 Å². The van der Waals surface area contributed by atoms with Crippen LogP contribution in [0.25, 0.3) is 0 Å². The van der Waals surface area contributed by atoms with Crippen molar-refractivity contribution in [1.82, 2.24) is 5.32 Å². The van der Waals surface area contributed by atoms with E-state index in [0.29, 0.717) is 5.56 Å². The molecular formula is C23H24ClF3N2O5. The number of primary amides is 1. The second-order valence-electron chi connectivity index (χ2n) is 8.36. The lowest BCUT2D eigenvalue weighted by Gasteiger charge is -2.24. The van der Waals surface area contributed by atoms with E-state index in [-0.39, 0.29) is 22.9 Å². The Morgan fingerprint density at radius 3 is 2.32 bits per heavy atom. The predicted molar refractivity (Wildman–Crippen MR) is 118 cm³/mol. The highest BCUT2D eigenvalue weighted by Gasteiger charge is 2.31. The summed E-state index contributed by atoms with van der Waals surface area (Å²) in [4.78, 5) is 36.4. The minimum atomic E-state index is -4.53. The molecule has 0 spiro atoms. The molecule has 0 saturated heterocycles. The van der Waals surface area contributed by atoms with Crippen molar-refractivity contribution in [2.24, 2.45) is 5.73 Å². The van der Waals surface area contributed by atoms with Gasteiger partial charge in [-0.25, -0.2) is 4.79 Å². The number of nitrogens with two attached hydrogens (primary N) is 1. The number of ether oxygens (including phenoxy) is 2. The van der Waals surface area contributed by atoms with Crippen LogP contribution in [-0.2, 0) is 27.1 Å². The standard InChI is InChI=1S/C23H24ClF3N2O5/c1-22(2,3)34-21(32)17(11-19(28)30)29-20(31)14-6-4-5-13(9-14)12-33-18-8-7-15(10-16(18)24)23(25,26)27/h4-10,17H,11-12H2,1-3H3,(H2,28,30)(H,29,31). The Bertz CT molecular complexity index is 1070. The molecule has 0 aromatic heterocycles. The van der Waals surface area contributed by atoms with Crippen LogP contribution in [0.15, 0.2) is 42.5 Å². The number of hydrogen-bond donors (Lipinski definition) is 2. The number of benzene rings is 2. The van der Waals surface area contributed by atoms with E-state index in [1.165, 1.54) is 12.1 Å². The molecule has 0 aliphatic carbocycles. The number of carbonyl (C=O) groups is 3. The van der Waals surface area contributed by atoms with Crippen molar-refractivity contribution in [2.75, 3.05) is 0 Å². The van der Waals surface area contributed by atoms with E-state index in [1.54, 1.807) is 32.9 Å².